The molecular weight excluding hydrogens is 274 g/mol. The number of nitrogens with zero attached hydrogens (tertiary/aromatic N) is 1. The lowest BCUT2D eigenvalue weighted by molar-refractivity contribution is 0.530. The third-order valence-electron chi connectivity index (χ3n) is 4.10. The number of alkyl halides is 1. The second-order valence-corrected chi connectivity index (χ2v) is 6.47. The van der Waals surface area contributed by atoms with Crippen LogP contribution in [0.25, 0.3) is 0 Å². The monoisotopic (exact) mass is 291 g/mol. The minimum absolute atomic E-state index is 0.163. The summed E-state index contributed by atoms with van der Waals surface area (Å²) in [5.74, 6) is 0.654. The third kappa shape index (κ3) is 2.44. The molecule has 0 saturated heterocycles. The minimum atomic E-state index is 0.163. The highest BCUT2D eigenvalue weighted by Crippen LogP contribution is 2.47. The van der Waals surface area contributed by atoms with E-state index in [1.807, 2.05) is 11.3 Å². The summed E-state index contributed by atoms with van der Waals surface area (Å²) in [5.41, 5.74) is 2.74. The van der Waals surface area contributed by atoms with Gasteiger partial charge < -0.3 is 0 Å². The van der Waals surface area contributed by atoms with Crippen LogP contribution in [-0.4, -0.2) is 10.9 Å². The number of aryl methyl sites for hydroxylation is 1. The molecule has 1 aromatic heterocycles. The lowest BCUT2D eigenvalue weighted by atomic mass is 9.79. The molecule has 0 radical (unpaired) electrons. The molecule has 1 saturated carbocycles. The van der Waals surface area contributed by atoms with Gasteiger partial charge in [0.25, 0.3) is 0 Å². The Balaban J connectivity index is 2.00. The second-order valence-electron chi connectivity index (χ2n) is 5.24. The highest BCUT2D eigenvalue weighted by Gasteiger charge is 2.39. The van der Waals surface area contributed by atoms with Crippen molar-refractivity contribution in [2.45, 2.75) is 37.5 Å². The molecule has 1 aromatic carbocycles. The summed E-state index contributed by atoms with van der Waals surface area (Å²) in [5, 5.41) is 3.47. The fourth-order valence-corrected chi connectivity index (χ4v) is 4.43. The van der Waals surface area contributed by atoms with E-state index in [-0.39, 0.29) is 5.41 Å². The molecule has 1 heterocycles. The van der Waals surface area contributed by atoms with Crippen LogP contribution in [0.3, 0.4) is 0 Å². The van der Waals surface area contributed by atoms with E-state index in [1.165, 1.54) is 36.3 Å². The predicted octanol–water partition coefficient (Wildman–Crippen LogP) is 4.78. The second kappa shape index (κ2) is 5.64. The van der Waals surface area contributed by atoms with Crippen LogP contribution in [0.2, 0.25) is 0 Å². The van der Waals surface area contributed by atoms with Gasteiger partial charge in [-0.15, -0.1) is 22.9 Å². The normalized spacial score (nSPS) is 17.7. The molecule has 1 nitrogen and oxygen atoms in total. The van der Waals surface area contributed by atoms with E-state index in [4.69, 9.17) is 16.6 Å². The van der Waals surface area contributed by atoms with Gasteiger partial charge in [0.2, 0.25) is 0 Å². The molecule has 0 N–H and O–H groups in total. The standard InChI is InChI=1S/C16H18ClNS/c17-11-8-14-12-19-15(18-14)16(9-4-5-10-16)13-6-2-1-3-7-13/h1-3,6-7,12H,4-5,8-11H2. The molecule has 2 aromatic rings. The average Bonchev–Trinajstić information content (AvgIpc) is 3.09. The Morgan fingerprint density at radius 3 is 2.58 bits per heavy atom. The van der Waals surface area contributed by atoms with E-state index >= 15 is 0 Å². The summed E-state index contributed by atoms with van der Waals surface area (Å²) in [6.45, 7) is 0. The van der Waals surface area contributed by atoms with Gasteiger partial charge >= 0.3 is 0 Å². The Hall–Kier alpha value is -0.860. The number of rotatable bonds is 4. The summed E-state index contributed by atoms with van der Waals surface area (Å²) in [6.07, 6.45) is 5.94. The van der Waals surface area contributed by atoms with Gasteiger partial charge in [0.15, 0.2) is 0 Å². The van der Waals surface area contributed by atoms with Gasteiger partial charge in [-0.25, -0.2) is 4.98 Å². The topological polar surface area (TPSA) is 12.9 Å². The Kier molecular flexibility index (Phi) is 3.90. The summed E-state index contributed by atoms with van der Waals surface area (Å²) >= 11 is 7.63. The van der Waals surface area contributed by atoms with E-state index < -0.39 is 0 Å². The quantitative estimate of drug-likeness (QED) is 0.739. The molecule has 1 fully saturated rings. The van der Waals surface area contributed by atoms with Crippen molar-refractivity contribution >= 4 is 22.9 Å². The number of aromatic nitrogens is 1. The molecule has 0 spiro atoms. The van der Waals surface area contributed by atoms with Gasteiger partial charge in [0, 0.05) is 23.1 Å². The highest BCUT2D eigenvalue weighted by molar-refractivity contribution is 7.09. The minimum Gasteiger partial charge on any atom is -0.245 e. The zero-order valence-corrected chi connectivity index (χ0v) is 12.5. The van der Waals surface area contributed by atoms with Crippen LogP contribution in [0, 0.1) is 0 Å². The largest absolute Gasteiger partial charge is 0.245 e. The summed E-state index contributed by atoms with van der Waals surface area (Å²) in [6, 6.07) is 10.9. The Morgan fingerprint density at radius 1 is 1.16 bits per heavy atom. The number of hydrogen-bond donors (Lipinski definition) is 0. The molecule has 1 aliphatic carbocycles. The molecule has 3 rings (SSSR count). The lowest BCUT2D eigenvalue weighted by Gasteiger charge is -2.27. The first-order valence-electron chi connectivity index (χ1n) is 6.91. The van der Waals surface area contributed by atoms with Gasteiger partial charge in [-0.2, -0.15) is 0 Å². The SMILES string of the molecule is ClCCc1csc(C2(c3ccccc3)CCCC2)n1. The maximum atomic E-state index is 5.82. The fourth-order valence-electron chi connectivity index (χ4n) is 3.10. The molecule has 0 aliphatic heterocycles. The molecule has 0 amide bonds. The molecule has 3 heteroatoms. The molecule has 0 atom stereocenters. The van der Waals surface area contributed by atoms with Crippen molar-refractivity contribution in [3.05, 3.63) is 52.0 Å². The number of hydrogen-bond acceptors (Lipinski definition) is 2. The number of halogens is 1. The Morgan fingerprint density at radius 2 is 1.89 bits per heavy atom. The van der Waals surface area contributed by atoms with Crippen LogP contribution >= 0.6 is 22.9 Å². The summed E-state index contributed by atoms with van der Waals surface area (Å²) < 4.78 is 0. The van der Waals surface area contributed by atoms with Crippen LogP contribution < -0.4 is 0 Å². The number of benzene rings is 1. The van der Waals surface area contributed by atoms with E-state index in [2.05, 4.69) is 35.7 Å². The maximum absolute atomic E-state index is 5.82. The highest BCUT2D eigenvalue weighted by atomic mass is 35.5. The average molecular weight is 292 g/mol. The van der Waals surface area contributed by atoms with Crippen molar-refractivity contribution in [1.82, 2.24) is 4.98 Å². The first-order valence-corrected chi connectivity index (χ1v) is 8.33. The van der Waals surface area contributed by atoms with Gasteiger partial charge in [-0.05, 0) is 18.4 Å². The van der Waals surface area contributed by atoms with Gasteiger partial charge in [0.05, 0.1) is 5.69 Å². The Bertz CT molecular complexity index is 529. The molecule has 0 bridgehead atoms. The Labute approximate surface area is 123 Å². The van der Waals surface area contributed by atoms with Crippen molar-refractivity contribution in [1.29, 1.82) is 0 Å². The van der Waals surface area contributed by atoms with Crippen molar-refractivity contribution in [2.24, 2.45) is 0 Å². The van der Waals surface area contributed by atoms with Crippen molar-refractivity contribution in [3.8, 4) is 0 Å². The lowest BCUT2D eigenvalue weighted by Crippen LogP contribution is -2.23. The zero-order chi connectivity index (χ0) is 13.1. The van der Waals surface area contributed by atoms with E-state index in [1.54, 1.807) is 0 Å². The van der Waals surface area contributed by atoms with Crippen LogP contribution in [0.1, 0.15) is 41.9 Å². The smallest absolute Gasteiger partial charge is 0.103 e. The molecule has 1 aliphatic rings. The molecule has 19 heavy (non-hydrogen) atoms. The first kappa shape index (κ1) is 13.1. The molecule has 100 valence electrons. The molecule has 0 unspecified atom stereocenters. The third-order valence-corrected chi connectivity index (χ3v) is 5.38. The summed E-state index contributed by atoms with van der Waals surface area (Å²) in [4.78, 5) is 4.86. The van der Waals surface area contributed by atoms with Crippen LogP contribution in [-0.2, 0) is 11.8 Å². The van der Waals surface area contributed by atoms with Crippen molar-refractivity contribution < 1.29 is 0 Å². The predicted molar refractivity (Wildman–Crippen MR) is 82.2 cm³/mol. The fraction of sp³-hybridized carbons (Fsp3) is 0.438. The van der Waals surface area contributed by atoms with Crippen molar-refractivity contribution in [2.75, 3.05) is 5.88 Å². The van der Waals surface area contributed by atoms with E-state index in [0.29, 0.717) is 5.88 Å². The van der Waals surface area contributed by atoms with Crippen molar-refractivity contribution in [3.63, 3.8) is 0 Å². The van der Waals surface area contributed by atoms with E-state index in [0.717, 1.165) is 12.1 Å². The zero-order valence-electron chi connectivity index (χ0n) is 10.9. The van der Waals surface area contributed by atoms with E-state index in [9.17, 15) is 0 Å². The van der Waals surface area contributed by atoms with Crippen LogP contribution in [0.4, 0.5) is 0 Å². The maximum Gasteiger partial charge on any atom is 0.103 e. The van der Waals surface area contributed by atoms with Gasteiger partial charge in [0.1, 0.15) is 5.01 Å². The molecular formula is C16H18ClNS. The van der Waals surface area contributed by atoms with Crippen LogP contribution in [0.15, 0.2) is 35.7 Å². The summed E-state index contributed by atoms with van der Waals surface area (Å²) in [7, 11) is 0. The first-order chi connectivity index (χ1) is 9.35. The van der Waals surface area contributed by atoms with Gasteiger partial charge in [-0.1, -0.05) is 43.2 Å². The number of thiazole rings is 1. The van der Waals surface area contributed by atoms with Crippen LogP contribution in [0.5, 0.6) is 0 Å². The van der Waals surface area contributed by atoms with Gasteiger partial charge in [-0.3, -0.25) is 0 Å².